The fourth-order valence-corrected chi connectivity index (χ4v) is 6.58. The Hall–Kier alpha value is -3.59. The quantitative estimate of drug-likeness (QED) is 0.491. The monoisotopic (exact) mass is 564 g/mol. The largest absolute Gasteiger partial charge is 0.480 e. The Morgan fingerprint density at radius 1 is 0.854 bits per heavy atom. The van der Waals surface area contributed by atoms with Crippen LogP contribution in [0.25, 0.3) is 11.1 Å². The number of fused-ring (bicyclic) bond motifs is 3. The van der Waals surface area contributed by atoms with Crippen molar-refractivity contribution in [3.8, 4) is 11.1 Å². The van der Waals surface area contributed by atoms with Gasteiger partial charge in [-0.25, -0.2) is 14.4 Å². The van der Waals surface area contributed by atoms with Gasteiger partial charge in [-0.1, -0.05) is 48.5 Å². The molecule has 2 aromatic rings. The molecule has 2 atom stereocenters. The van der Waals surface area contributed by atoms with Gasteiger partial charge in [-0.2, -0.15) is 0 Å². The Kier molecular flexibility index (Phi) is 8.54. The van der Waals surface area contributed by atoms with Gasteiger partial charge in [-0.3, -0.25) is 0 Å². The van der Waals surface area contributed by atoms with Gasteiger partial charge in [0.2, 0.25) is 0 Å². The maximum Gasteiger partial charge on any atom is 0.410 e. The molecule has 1 N–H and O–H groups in total. The standard InChI is InChI=1S/C32H40N2O7/c1-32(2,3)41-31(38)33-14-12-21(13-15-33)27-17-34(16-22(27)18-39-20-29(35)36)30(37)40-19-28-25-10-6-4-8-23(25)24-9-5-7-11-26(24)28/h4-11,21-22,27-28H,12-20H2,1-3H3,(H,35,36)/t22-,27-/m0/s1. The number of aliphatic carboxylic acids is 1. The van der Waals surface area contributed by atoms with Crippen LogP contribution in [-0.4, -0.2) is 84.7 Å². The number of piperidine rings is 1. The first kappa shape index (κ1) is 28.9. The summed E-state index contributed by atoms with van der Waals surface area (Å²) in [7, 11) is 0. The second kappa shape index (κ2) is 12.1. The highest BCUT2D eigenvalue weighted by Crippen LogP contribution is 2.44. The van der Waals surface area contributed by atoms with Gasteiger partial charge in [0, 0.05) is 38.0 Å². The van der Waals surface area contributed by atoms with E-state index in [1.165, 1.54) is 11.1 Å². The summed E-state index contributed by atoms with van der Waals surface area (Å²) < 4.78 is 17.0. The molecule has 9 heteroatoms. The fourth-order valence-electron chi connectivity index (χ4n) is 6.58. The highest BCUT2D eigenvalue weighted by Gasteiger charge is 2.42. The van der Waals surface area contributed by atoms with Crippen LogP contribution < -0.4 is 0 Å². The molecule has 0 unspecified atom stereocenters. The third-order valence-corrected chi connectivity index (χ3v) is 8.44. The molecule has 0 aromatic heterocycles. The zero-order valence-electron chi connectivity index (χ0n) is 24.1. The molecule has 0 radical (unpaired) electrons. The number of benzene rings is 2. The zero-order valence-corrected chi connectivity index (χ0v) is 24.1. The molecule has 2 aliphatic heterocycles. The molecule has 41 heavy (non-hydrogen) atoms. The molecule has 0 spiro atoms. The van der Waals surface area contributed by atoms with E-state index in [4.69, 9.17) is 19.3 Å². The Morgan fingerprint density at radius 2 is 1.46 bits per heavy atom. The van der Waals surface area contributed by atoms with Crippen LogP contribution in [0.15, 0.2) is 48.5 Å². The Bertz CT molecular complexity index is 1220. The van der Waals surface area contributed by atoms with Gasteiger partial charge in [0.25, 0.3) is 0 Å². The number of carboxylic acid groups (broad SMARTS) is 1. The molecule has 9 nitrogen and oxygen atoms in total. The van der Waals surface area contributed by atoms with Crippen molar-refractivity contribution in [1.82, 2.24) is 9.80 Å². The van der Waals surface area contributed by atoms with E-state index in [0.717, 1.165) is 24.0 Å². The highest BCUT2D eigenvalue weighted by molar-refractivity contribution is 5.79. The summed E-state index contributed by atoms with van der Waals surface area (Å²) in [5, 5.41) is 9.06. The second-order valence-electron chi connectivity index (χ2n) is 12.3. The van der Waals surface area contributed by atoms with Crippen LogP contribution in [-0.2, 0) is 19.0 Å². The molecule has 0 saturated carbocycles. The van der Waals surface area contributed by atoms with Crippen molar-refractivity contribution in [1.29, 1.82) is 0 Å². The number of amides is 2. The fraction of sp³-hybridized carbons (Fsp3) is 0.531. The van der Waals surface area contributed by atoms with Crippen molar-refractivity contribution in [2.24, 2.45) is 17.8 Å². The smallest absolute Gasteiger partial charge is 0.410 e. The number of nitrogens with zero attached hydrogens (tertiary/aromatic N) is 2. The topological polar surface area (TPSA) is 106 Å². The van der Waals surface area contributed by atoms with Crippen LogP contribution in [0, 0.1) is 17.8 Å². The number of carbonyl (C=O) groups is 3. The molecule has 220 valence electrons. The van der Waals surface area contributed by atoms with Gasteiger partial charge in [0.15, 0.2) is 0 Å². The van der Waals surface area contributed by atoms with Gasteiger partial charge in [-0.05, 0) is 67.7 Å². The minimum absolute atomic E-state index is 0.00657. The van der Waals surface area contributed by atoms with Crippen LogP contribution in [0.3, 0.4) is 0 Å². The number of likely N-dealkylation sites (tertiary alicyclic amines) is 2. The molecule has 3 aliphatic rings. The molecule has 5 rings (SSSR count). The van der Waals surface area contributed by atoms with E-state index in [0.29, 0.717) is 26.2 Å². The van der Waals surface area contributed by atoms with Gasteiger partial charge in [0.05, 0.1) is 6.61 Å². The molecule has 2 saturated heterocycles. The highest BCUT2D eigenvalue weighted by atomic mass is 16.6. The van der Waals surface area contributed by atoms with E-state index in [1.807, 2.05) is 45.0 Å². The number of rotatable bonds is 7. The molecular formula is C32H40N2O7. The molecule has 2 fully saturated rings. The summed E-state index contributed by atoms with van der Waals surface area (Å²) in [5.41, 5.74) is 4.14. The molecular weight excluding hydrogens is 524 g/mol. The summed E-state index contributed by atoms with van der Waals surface area (Å²) in [5.74, 6) is -0.633. The van der Waals surface area contributed by atoms with E-state index in [-0.39, 0.29) is 55.7 Å². The van der Waals surface area contributed by atoms with Crippen molar-refractivity contribution < 1.29 is 33.7 Å². The molecule has 1 aliphatic carbocycles. The normalized spacial score (nSPS) is 21.0. The predicted octanol–water partition coefficient (Wildman–Crippen LogP) is 5.23. The summed E-state index contributed by atoms with van der Waals surface area (Å²) >= 11 is 0. The summed E-state index contributed by atoms with van der Waals surface area (Å²) in [4.78, 5) is 40.4. The van der Waals surface area contributed by atoms with Crippen LogP contribution in [0.5, 0.6) is 0 Å². The Morgan fingerprint density at radius 3 is 2.05 bits per heavy atom. The minimum atomic E-state index is -1.02. The Labute approximate surface area is 241 Å². The third-order valence-electron chi connectivity index (χ3n) is 8.44. The van der Waals surface area contributed by atoms with Crippen LogP contribution in [0.4, 0.5) is 9.59 Å². The molecule has 2 heterocycles. The third kappa shape index (κ3) is 6.67. The van der Waals surface area contributed by atoms with E-state index in [1.54, 1.807) is 9.80 Å². The van der Waals surface area contributed by atoms with Gasteiger partial charge >= 0.3 is 18.2 Å². The average molecular weight is 565 g/mol. The van der Waals surface area contributed by atoms with Gasteiger partial charge in [-0.15, -0.1) is 0 Å². The van der Waals surface area contributed by atoms with Gasteiger partial charge < -0.3 is 29.1 Å². The van der Waals surface area contributed by atoms with Crippen LogP contribution in [0.2, 0.25) is 0 Å². The molecule has 2 amide bonds. The summed E-state index contributed by atoms with van der Waals surface area (Å²) in [6.07, 6.45) is 0.920. The number of hydrogen-bond acceptors (Lipinski definition) is 6. The minimum Gasteiger partial charge on any atom is -0.480 e. The lowest BCUT2D eigenvalue weighted by Gasteiger charge is -2.37. The van der Waals surface area contributed by atoms with E-state index >= 15 is 0 Å². The van der Waals surface area contributed by atoms with Crippen molar-refractivity contribution in [2.45, 2.75) is 45.1 Å². The lowest BCUT2D eigenvalue weighted by molar-refractivity contribution is -0.142. The average Bonchev–Trinajstić information content (AvgIpc) is 3.50. The zero-order chi connectivity index (χ0) is 29.1. The van der Waals surface area contributed by atoms with Crippen molar-refractivity contribution >= 4 is 18.2 Å². The number of carboxylic acids is 1. The summed E-state index contributed by atoms with van der Waals surface area (Å²) in [6.45, 7) is 7.86. The number of carbonyl (C=O) groups excluding carboxylic acids is 2. The maximum atomic E-state index is 13.4. The SMILES string of the molecule is CC(C)(C)OC(=O)N1CCC([C@@H]2CN(C(=O)OCC3c4ccccc4-c4ccccc43)C[C@H]2COCC(=O)O)CC1. The second-order valence-corrected chi connectivity index (χ2v) is 12.3. The first-order valence-corrected chi connectivity index (χ1v) is 14.5. The number of hydrogen-bond donors (Lipinski definition) is 1. The van der Waals surface area contributed by atoms with E-state index < -0.39 is 11.6 Å². The van der Waals surface area contributed by atoms with E-state index in [2.05, 4.69) is 24.3 Å². The van der Waals surface area contributed by atoms with Crippen molar-refractivity contribution in [2.75, 3.05) is 46.0 Å². The lowest BCUT2D eigenvalue weighted by atomic mass is 9.79. The van der Waals surface area contributed by atoms with Crippen molar-refractivity contribution in [3.63, 3.8) is 0 Å². The van der Waals surface area contributed by atoms with Gasteiger partial charge in [0.1, 0.15) is 18.8 Å². The first-order valence-electron chi connectivity index (χ1n) is 14.5. The Balaban J connectivity index is 1.22. The number of ether oxygens (including phenoxy) is 3. The molecule has 2 aromatic carbocycles. The van der Waals surface area contributed by atoms with Crippen molar-refractivity contribution in [3.05, 3.63) is 59.7 Å². The van der Waals surface area contributed by atoms with E-state index in [9.17, 15) is 14.4 Å². The maximum absolute atomic E-state index is 13.4. The van der Waals surface area contributed by atoms with Crippen LogP contribution in [0.1, 0.15) is 50.7 Å². The molecule has 0 bridgehead atoms. The lowest BCUT2D eigenvalue weighted by Crippen LogP contribution is -2.44. The van der Waals surface area contributed by atoms with Crippen LogP contribution >= 0.6 is 0 Å². The first-order chi connectivity index (χ1) is 19.6. The summed E-state index contributed by atoms with van der Waals surface area (Å²) in [6, 6.07) is 16.5. The predicted molar refractivity (Wildman–Crippen MR) is 153 cm³/mol.